The number of halogens is 1. The van der Waals surface area contributed by atoms with E-state index in [1.54, 1.807) is 38.1 Å². The van der Waals surface area contributed by atoms with Gasteiger partial charge in [-0.15, -0.1) is 0 Å². The molecule has 0 bridgehead atoms. The van der Waals surface area contributed by atoms with E-state index in [-0.39, 0.29) is 61.3 Å². The smallest absolute Gasteiger partial charge is 0.407 e. The molecule has 2 unspecified atom stereocenters. The van der Waals surface area contributed by atoms with E-state index in [1.807, 2.05) is 76.2 Å². The molecule has 6 amide bonds. The number of ether oxygens (including phenoxy) is 2. The predicted octanol–water partition coefficient (Wildman–Crippen LogP) is 6.98. The standard InChI is InChI=1S/C48H55FN10O7/c1-27(2)40(54-46(62)65-5)44(60)58-19-7-8-38(58)42-50-21-36(52-42)31-13-9-29(10-14-31)30-11-15-32(16-12-30)37-22-51-43(53-37)39-25-57(26-59(39)45(61)41(28(3)4)55-47(63)66-6)48(64)56-23-33-17-18-35(49)20-34(33)24-56/h9-18,20-22,27-28,38-41H,7-8,19,23-26H2,1-6H3,(H,50,52)(H,51,53)(H,54,62)(H,55,63)/t38?,39?,40-,41-/m0/s1. The molecule has 4 atom stereocenters. The van der Waals surface area contributed by atoms with E-state index in [1.165, 1.54) is 26.4 Å². The van der Waals surface area contributed by atoms with Crippen LogP contribution in [0.2, 0.25) is 0 Å². The first kappa shape index (κ1) is 45.3. The molecule has 0 saturated carbocycles. The summed E-state index contributed by atoms with van der Waals surface area (Å²) in [5.74, 6) is -0.166. The number of urea groups is 1. The molecular formula is C48H55FN10O7. The van der Waals surface area contributed by atoms with Crippen molar-refractivity contribution in [1.82, 2.24) is 50.2 Å². The number of nitrogens with zero attached hydrogens (tertiary/aromatic N) is 6. The highest BCUT2D eigenvalue weighted by Crippen LogP contribution is 2.35. The fourth-order valence-electron chi connectivity index (χ4n) is 9.00. The summed E-state index contributed by atoms with van der Waals surface area (Å²) in [5, 5.41) is 5.35. The van der Waals surface area contributed by atoms with Crippen molar-refractivity contribution in [1.29, 1.82) is 0 Å². The zero-order valence-electron chi connectivity index (χ0n) is 37.8. The van der Waals surface area contributed by atoms with Crippen molar-refractivity contribution < 1.29 is 37.8 Å². The number of carbonyl (C=O) groups is 5. The zero-order chi connectivity index (χ0) is 46.8. The number of aromatic amines is 2. The molecule has 0 spiro atoms. The Morgan fingerprint density at radius 2 is 1.17 bits per heavy atom. The second kappa shape index (κ2) is 19.1. The van der Waals surface area contributed by atoms with Gasteiger partial charge < -0.3 is 49.7 Å². The number of likely N-dealkylation sites (tertiary alicyclic amines) is 1. The van der Waals surface area contributed by atoms with Crippen LogP contribution in [-0.2, 0) is 32.2 Å². The Kier molecular flexibility index (Phi) is 13.1. The molecule has 2 fully saturated rings. The number of alkyl carbamates (subject to hydrolysis) is 2. The Morgan fingerprint density at radius 3 is 1.70 bits per heavy atom. The van der Waals surface area contributed by atoms with Gasteiger partial charge in [0.1, 0.15) is 35.6 Å². The van der Waals surface area contributed by atoms with Gasteiger partial charge in [-0.25, -0.2) is 28.7 Å². The number of fused-ring (bicyclic) bond motifs is 1. The van der Waals surface area contributed by atoms with Crippen molar-refractivity contribution >= 4 is 30.0 Å². The van der Waals surface area contributed by atoms with Crippen molar-refractivity contribution in [2.45, 2.75) is 77.8 Å². The zero-order valence-corrected chi connectivity index (χ0v) is 37.8. The molecule has 2 saturated heterocycles. The molecule has 66 heavy (non-hydrogen) atoms. The minimum Gasteiger partial charge on any atom is -0.453 e. The summed E-state index contributed by atoms with van der Waals surface area (Å²) in [7, 11) is 2.51. The van der Waals surface area contributed by atoms with Crippen molar-refractivity contribution in [3.63, 3.8) is 0 Å². The normalized spacial score (nSPS) is 17.8. The molecule has 3 aliphatic heterocycles. The summed E-state index contributed by atoms with van der Waals surface area (Å²) in [6.45, 7) is 8.65. The number of H-pyrrole nitrogens is 2. The highest BCUT2D eigenvalue weighted by molar-refractivity contribution is 5.88. The lowest BCUT2D eigenvalue weighted by Crippen LogP contribution is -2.52. The molecule has 8 rings (SSSR count). The maximum Gasteiger partial charge on any atom is 0.407 e. The molecule has 5 heterocycles. The van der Waals surface area contributed by atoms with E-state index in [0.29, 0.717) is 30.4 Å². The Balaban J connectivity index is 0.959. The molecular weight excluding hydrogens is 848 g/mol. The first-order valence-corrected chi connectivity index (χ1v) is 22.1. The molecule has 0 aliphatic carbocycles. The number of rotatable bonds is 11. The van der Waals surface area contributed by atoms with Crippen LogP contribution in [0.4, 0.5) is 18.8 Å². The highest BCUT2D eigenvalue weighted by Gasteiger charge is 2.44. The van der Waals surface area contributed by atoms with E-state index in [4.69, 9.17) is 14.5 Å². The third-order valence-corrected chi connectivity index (χ3v) is 12.7. The summed E-state index contributed by atoms with van der Waals surface area (Å²) in [5.41, 5.74) is 6.93. The molecule has 3 aliphatic rings. The fraction of sp³-hybridized carbons (Fsp3) is 0.396. The topological polar surface area (TPSA) is 198 Å². The first-order chi connectivity index (χ1) is 31.7. The van der Waals surface area contributed by atoms with Crippen LogP contribution in [0.15, 0.2) is 79.1 Å². The maximum absolute atomic E-state index is 14.2. The maximum atomic E-state index is 14.2. The van der Waals surface area contributed by atoms with Gasteiger partial charge in [-0.2, -0.15) is 0 Å². The summed E-state index contributed by atoms with van der Waals surface area (Å²) in [6, 6.07) is 17.8. The molecule has 3 aromatic carbocycles. The number of amides is 6. The summed E-state index contributed by atoms with van der Waals surface area (Å²) >= 11 is 0. The van der Waals surface area contributed by atoms with Crippen LogP contribution in [0.1, 0.15) is 75.4 Å². The van der Waals surface area contributed by atoms with Crippen LogP contribution < -0.4 is 10.6 Å². The summed E-state index contributed by atoms with van der Waals surface area (Å²) in [4.78, 5) is 88.9. The van der Waals surface area contributed by atoms with Gasteiger partial charge in [-0.3, -0.25) is 9.59 Å². The van der Waals surface area contributed by atoms with Gasteiger partial charge in [-0.05, 0) is 70.2 Å². The molecule has 4 N–H and O–H groups in total. The second-order valence-electron chi connectivity index (χ2n) is 17.7. The minimum absolute atomic E-state index is 0.0444. The Morgan fingerprint density at radius 1 is 0.667 bits per heavy atom. The largest absolute Gasteiger partial charge is 0.453 e. The number of methoxy groups -OCH3 is 2. The fourth-order valence-corrected chi connectivity index (χ4v) is 9.00. The van der Waals surface area contributed by atoms with Crippen molar-refractivity contribution in [2.75, 3.05) is 34.0 Å². The number of hydrogen-bond acceptors (Lipinski definition) is 9. The van der Waals surface area contributed by atoms with Crippen LogP contribution in [-0.4, -0.2) is 116 Å². The summed E-state index contributed by atoms with van der Waals surface area (Å²) < 4.78 is 23.6. The molecule has 17 nitrogen and oxygen atoms in total. The Hall–Kier alpha value is -7.24. The van der Waals surface area contributed by atoms with Crippen molar-refractivity contribution in [2.24, 2.45) is 11.8 Å². The lowest BCUT2D eigenvalue weighted by Gasteiger charge is -2.30. The average Bonchev–Trinajstić information content (AvgIpc) is 4.18. The first-order valence-electron chi connectivity index (χ1n) is 22.1. The lowest BCUT2D eigenvalue weighted by molar-refractivity contribution is -0.136. The SMILES string of the molecule is COC(=O)N[C@H](C(=O)N1CCCC1c1ncc(-c2ccc(-c3ccc(-c4cnc(C5CN(C(=O)N6Cc7ccc(F)cc7C6)CN5C(=O)[C@@H](NC(=O)OC)C(C)C)[nH]4)cc3)cc2)[nH]1)C(C)C. The van der Waals surface area contributed by atoms with Crippen LogP contribution in [0.3, 0.4) is 0 Å². The third kappa shape index (κ3) is 9.30. The predicted molar refractivity (Wildman–Crippen MR) is 241 cm³/mol. The van der Waals surface area contributed by atoms with E-state index >= 15 is 0 Å². The van der Waals surface area contributed by atoms with Gasteiger partial charge >= 0.3 is 18.2 Å². The summed E-state index contributed by atoms with van der Waals surface area (Å²) in [6.07, 6.45) is 3.67. The number of benzene rings is 3. The van der Waals surface area contributed by atoms with Gasteiger partial charge in [-0.1, -0.05) is 82.3 Å². The highest BCUT2D eigenvalue weighted by atomic mass is 19.1. The molecule has 5 aromatic rings. The van der Waals surface area contributed by atoms with Crippen molar-refractivity contribution in [3.05, 3.63) is 108 Å². The van der Waals surface area contributed by atoms with Gasteiger partial charge in [0.05, 0.1) is 57.3 Å². The average molecular weight is 903 g/mol. The monoisotopic (exact) mass is 902 g/mol. The number of imidazole rings is 2. The van der Waals surface area contributed by atoms with Gasteiger partial charge in [0.2, 0.25) is 11.8 Å². The lowest BCUT2D eigenvalue weighted by atomic mass is 10.0. The Bertz CT molecular complexity index is 2590. The minimum atomic E-state index is -0.927. The van der Waals surface area contributed by atoms with Crippen LogP contribution in [0, 0.1) is 17.7 Å². The van der Waals surface area contributed by atoms with Gasteiger partial charge in [0.25, 0.3) is 0 Å². The van der Waals surface area contributed by atoms with Gasteiger partial charge in [0.15, 0.2) is 0 Å². The van der Waals surface area contributed by atoms with Crippen LogP contribution in [0.25, 0.3) is 33.6 Å². The van der Waals surface area contributed by atoms with E-state index in [0.717, 1.165) is 51.9 Å². The third-order valence-electron chi connectivity index (χ3n) is 12.7. The van der Waals surface area contributed by atoms with Gasteiger partial charge in [0, 0.05) is 19.6 Å². The Labute approximate surface area is 382 Å². The van der Waals surface area contributed by atoms with E-state index < -0.39 is 30.3 Å². The van der Waals surface area contributed by atoms with Crippen LogP contribution in [0.5, 0.6) is 0 Å². The second-order valence-corrected chi connectivity index (χ2v) is 17.7. The molecule has 346 valence electrons. The number of nitrogens with one attached hydrogen (secondary N) is 4. The number of hydrogen-bond donors (Lipinski definition) is 4. The molecule has 0 radical (unpaired) electrons. The van der Waals surface area contributed by atoms with E-state index in [2.05, 4.69) is 25.6 Å². The number of carbonyl (C=O) groups excluding carboxylic acids is 5. The van der Waals surface area contributed by atoms with Crippen molar-refractivity contribution in [3.8, 4) is 33.6 Å². The quantitative estimate of drug-likeness (QED) is 0.108. The molecule has 18 heteroatoms. The van der Waals surface area contributed by atoms with E-state index in [9.17, 15) is 28.4 Å². The van der Waals surface area contributed by atoms with Crippen LogP contribution >= 0.6 is 0 Å². The molecule has 2 aromatic heterocycles. The number of aromatic nitrogens is 4.